The van der Waals surface area contributed by atoms with Gasteiger partial charge in [0, 0.05) is 6.04 Å². The summed E-state index contributed by atoms with van der Waals surface area (Å²) >= 11 is 0. The Hall–Kier alpha value is -1.35. The summed E-state index contributed by atoms with van der Waals surface area (Å²) in [6, 6.07) is 7.76. The van der Waals surface area contributed by atoms with Crippen LogP contribution in [0, 0.1) is 5.41 Å². The maximum absolute atomic E-state index is 11.8. The maximum atomic E-state index is 11.8. The first kappa shape index (κ1) is 15.7. The number of esters is 1. The quantitative estimate of drug-likeness (QED) is 0.852. The Kier molecular flexibility index (Phi) is 4.41. The van der Waals surface area contributed by atoms with Gasteiger partial charge in [-0.15, -0.1) is 0 Å². The van der Waals surface area contributed by atoms with E-state index in [1.54, 1.807) is 13.8 Å². The second kappa shape index (κ2) is 5.33. The van der Waals surface area contributed by atoms with Crippen LogP contribution >= 0.6 is 0 Å². The molecule has 1 aromatic rings. The van der Waals surface area contributed by atoms with Crippen molar-refractivity contribution in [1.82, 2.24) is 0 Å². The fourth-order valence-electron chi connectivity index (χ4n) is 2.00. The van der Waals surface area contributed by atoms with Crippen molar-refractivity contribution in [3.63, 3.8) is 0 Å². The lowest BCUT2D eigenvalue weighted by atomic mass is 9.79. The van der Waals surface area contributed by atoms with Crippen molar-refractivity contribution in [1.29, 1.82) is 0 Å². The molecule has 0 aliphatic carbocycles. The predicted octanol–water partition coefficient (Wildman–Crippen LogP) is 3.18. The highest BCUT2D eigenvalue weighted by Crippen LogP contribution is 2.33. The minimum atomic E-state index is -0.738. The summed E-state index contributed by atoms with van der Waals surface area (Å²) in [7, 11) is 1.39. The lowest BCUT2D eigenvalue weighted by molar-refractivity contribution is -0.152. The van der Waals surface area contributed by atoms with Crippen molar-refractivity contribution in [2.45, 2.75) is 46.1 Å². The molecule has 1 rings (SSSR count). The lowest BCUT2D eigenvalue weighted by Crippen LogP contribution is -2.37. The molecule has 0 radical (unpaired) electrons. The molecule has 1 aromatic carbocycles. The molecular weight excluding hydrogens is 238 g/mol. The molecule has 0 amide bonds. The van der Waals surface area contributed by atoms with Crippen LogP contribution in [0.5, 0.6) is 0 Å². The zero-order valence-electron chi connectivity index (χ0n) is 12.8. The molecule has 0 aliphatic heterocycles. The van der Waals surface area contributed by atoms with E-state index >= 15 is 0 Å². The van der Waals surface area contributed by atoms with Crippen LogP contribution in [0.3, 0.4) is 0 Å². The van der Waals surface area contributed by atoms with Crippen LogP contribution in [0.1, 0.15) is 51.8 Å². The molecule has 0 heterocycles. The molecule has 0 saturated heterocycles. The first-order valence-electron chi connectivity index (χ1n) is 6.55. The monoisotopic (exact) mass is 263 g/mol. The van der Waals surface area contributed by atoms with Gasteiger partial charge in [-0.1, -0.05) is 45.0 Å². The Labute approximate surface area is 116 Å². The molecule has 19 heavy (non-hydrogen) atoms. The van der Waals surface area contributed by atoms with E-state index in [1.165, 1.54) is 12.7 Å². The number of methoxy groups -OCH3 is 1. The Bertz CT molecular complexity index is 441. The molecule has 3 heteroatoms. The van der Waals surface area contributed by atoms with Gasteiger partial charge in [0.15, 0.2) is 0 Å². The van der Waals surface area contributed by atoms with Gasteiger partial charge in [-0.05, 0) is 30.4 Å². The fourth-order valence-corrected chi connectivity index (χ4v) is 2.00. The third kappa shape index (κ3) is 3.35. The van der Waals surface area contributed by atoms with Crippen molar-refractivity contribution in [2.75, 3.05) is 7.11 Å². The number of rotatable bonds is 3. The van der Waals surface area contributed by atoms with E-state index in [4.69, 9.17) is 10.5 Å². The van der Waals surface area contributed by atoms with Gasteiger partial charge in [-0.2, -0.15) is 0 Å². The molecule has 106 valence electrons. The summed E-state index contributed by atoms with van der Waals surface area (Å²) in [6.45, 7) is 10.1. The molecular formula is C16H25NO2. The highest BCUT2D eigenvalue weighted by Gasteiger charge is 2.36. The average molecular weight is 263 g/mol. The first-order chi connectivity index (χ1) is 8.60. The SMILES string of the molecule is COC(=O)C(C)(C)C(N)c1ccc(C(C)(C)C)cc1. The van der Waals surface area contributed by atoms with Crippen LogP contribution in [-0.2, 0) is 14.9 Å². The van der Waals surface area contributed by atoms with Crippen LogP contribution in [0.2, 0.25) is 0 Å². The highest BCUT2D eigenvalue weighted by atomic mass is 16.5. The minimum absolute atomic E-state index is 0.112. The van der Waals surface area contributed by atoms with Crippen LogP contribution in [-0.4, -0.2) is 13.1 Å². The number of hydrogen-bond donors (Lipinski definition) is 1. The van der Waals surface area contributed by atoms with Gasteiger partial charge in [-0.25, -0.2) is 0 Å². The van der Waals surface area contributed by atoms with Gasteiger partial charge >= 0.3 is 5.97 Å². The number of nitrogens with two attached hydrogens (primary N) is 1. The van der Waals surface area contributed by atoms with Crippen LogP contribution < -0.4 is 5.73 Å². The molecule has 0 aliphatic rings. The number of carbonyl (C=O) groups is 1. The van der Waals surface area contributed by atoms with Crippen molar-refractivity contribution in [3.8, 4) is 0 Å². The minimum Gasteiger partial charge on any atom is -0.469 e. The molecule has 0 spiro atoms. The fraction of sp³-hybridized carbons (Fsp3) is 0.562. The van der Waals surface area contributed by atoms with Crippen molar-refractivity contribution < 1.29 is 9.53 Å². The van der Waals surface area contributed by atoms with E-state index in [0.29, 0.717) is 0 Å². The topological polar surface area (TPSA) is 52.3 Å². The van der Waals surface area contributed by atoms with Gasteiger partial charge in [0.05, 0.1) is 12.5 Å². The van der Waals surface area contributed by atoms with Gasteiger partial charge in [0.1, 0.15) is 0 Å². The van der Waals surface area contributed by atoms with E-state index in [9.17, 15) is 4.79 Å². The summed E-state index contributed by atoms with van der Waals surface area (Å²) in [5, 5.41) is 0. The van der Waals surface area contributed by atoms with Crippen molar-refractivity contribution >= 4 is 5.97 Å². The Balaban J connectivity index is 3.02. The second-order valence-corrected chi connectivity index (χ2v) is 6.56. The zero-order valence-corrected chi connectivity index (χ0v) is 12.8. The molecule has 0 fully saturated rings. The van der Waals surface area contributed by atoms with Gasteiger partial charge in [-0.3, -0.25) is 4.79 Å². The number of ether oxygens (including phenoxy) is 1. The number of hydrogen-bond acceptors (Lipinski definition) is 3. The van der Waals surface area contributed by atoms with Crippen LogP contribution in [0.4, 0.5) is 0 Å². The zero-order chi connectivity index (χ0) is 14.8. The van der Waals surface area contributed by atoms with E-state index in [0.717, 1.165) is 5.56 Å². The van der Waals surface area contributed by atoms with E-state index in [1.807, 2.05) is 12.1 Å². The molecule has 1 atom stereocenters. The maximum Gasteiger partial charge on any atom is 0.313 e. The summed E-state index contributed by atoms with van der Waals surface area (Å²) < 4.78 is 4.82. The summed E-state index contributed by atoms with van der Waals surface area (Å²) in [5.74, 6) is -0.292. The standard InChI is InChI=1S/C16H25NO2/c1-15(2,3)12-9-7-11(8-10-12)13(17)16(4,5)14(18)19-6/h7-10,13H,17H2,1-6H3. The normalized spacial score (nSPS) is 14.1. The number of carbonyl (C=O) groups excluding carboxylic acids is 1. The second-order valence-electron chi connectivity index (χ2n) is 6.56. The van der Waals surface area contributed by atoms with Crippen molar-refractivity contribution in [2.24, 2.45) is 11.1 Å². The molecule has 0 bridgehead atoms. The Morgan fingerprint density at radius 3 is 1.95 bits per heavy atom. The average Bonchev–Trinajstić information content (AvgIpc) is 2.35. The van der Waals surface area contributed by atoms with Gasteiger partial charge in [0.25, 0.3) is 0 Å². The molecule has 2 N–H and O–H groups in total. The van der Waals surface area contributed by atoms with Crippen LogP contribution in [0.15, 0.2) is 24.3 Å². The smallest absolute Gasteiger partial charge is 0.313 e. The third-order valence-corrected chi connectivity index (χ3v) is 3.62. The summed E-state index contributed by atoms with van der Waals surface area (Å²) in [6.07, 6.45) is 0. The third-order valence-electron chi connectivity index (χ3n) is 3.62. The van der Waals surface area contributed by atoms with E-state index in [-0.39, 0.29) is 17.4 Å². The highest BCUT2D eigenvalue weighted by molar-refractivity contribution is 5.77. The largest absolute Gasteiger partial charge is 0.469 e. The number of benzene rings is 1. The molecule has 0 aromatic heterocycles. The summed E-state index contributed by atoms with van der Waals surface area (Å²) in [4.78, 5) is 11.8. The lowest BCUT2D eigenvalue weighted by Gasteiger charge is -2.29. The van der Waals surface area contributed by atoms with Crippen LogP contribution in [0.25, 0.3) is 0 Å². The van der Waals surface area contributed by atoms with E-state index in [2.05, 4.69) is 32.9 Å². The first-order valence-corrected chi connectivity index (χ1v) is 6.55. The van der Waals surface area contributed by atoms with Gasteiger partial charge in [0.2, 0.25) is 0 Å². The molecule has 3 nitrogen and oxygen atoms in total. The summed E-state index contributed by atoms with van der Waals surface area (Å²) in [5.41, 5.74) is 7.78. The Morgan fingerprint density at radius 1 is 1.11 bits per heavy atom. The van der Waals surface area contributed by atoms with Crippen molar-refractivity contribution in [3.05, 3.63) is 35.4 Å². The van der Waals surface area contributed by atoms with Gasteiger partial charge < -0.3 is 10.5 Å². The Morgan fingerprint density at radius 2 is 1.58 bits per heavy atom. The molecule has 0 saturated carbocycles. The molecule has 1 unspecified atom stereocenters. The van der Waals surface area contributed by atoms with E-state index < -0.39 is 5.41 Å². The predicted molar refractivity (Wildman–Crippen MR) is 77.9 cm³/mol.